The molecule has 0 unspecified atom stereocenters. The van der Waals surface area contributed by atoms with Crippen molar-refractivity contribution in [1.82, 2.24) is 4.98 Å². The topological polar surface area (TPSA) is 12.9 Å². The minimum atomic E-state index is 1.03. The van der Waals surface area contributed by atoms with Gasteiger partial charge in [-0.3, -0.25) is 0 Å². The van der Waals surface area contributed by atoms with Gasteiger partial charge in [0.1, 0.15) is 0 Å². The first-order valence-corrected chi connectivity index (χ1v) is 7.82. The van der Waals surface area contributed by atoms with Crippen LogP contribution in [0.2, 0.25) is 0 Å². The van der Waals surface area contributed by atoms with E-state index in [1.807, 2.05) is 13.0 Å². The maximum Gasteiger partial charge on any atom is 0.0788 e. The van der Waals surface area contributed by atoms with E-state index in [4.69, 9.17) is 4.98 Å². The molecule has 0 saturated heterocycles. The minimum Gasteiger partial charge on any atom is -0.246 e. The maximum absolute atomic E-state index is 5.03. The molecule has 0 fully saturated rings. The van der Waals surface area contributed by atoms with Gasteiger partial charge in [-0.05, 0) is 23.9 Å². The van der Waals surface area contributed by atoms with Gasteiger partial charge in [0.15, 0.2) is 0 Å². The van der Waals surface area contributed by atoms with E-state index >= 15 is 0 Å². The molecule has 0 bridgehead atoms. The second-order valence-electron chi connectivity index (χ2n) is 5.69. The van der Waals surface area contributed by atoms with Gasteiger partial charge in [0, 0.05) is 21.7 Å². The summed E-state index contributed by atoms with van der Waals surface area (Å²) in [5, 5.41) is 4.75. The predicted molar refractivity (Wildman–Crippen MR) is 102 cm³/mol. The quantitative estimate of drug-likeness (QED) is 0.316. The van der Waals surface area contributed by atoms with Crippen LogP contribution >= 0.6 is 0 Å². The average molecular weight is 295 g/mol. The van der Waals surface area contributed by atoms with Crippen molar-refractivity contribution in [3.63, 3.8) is 0 Å². The molecular weight excluding hydrogens is 278 g/mol. The highest BCUT2D eigenvalue weighted by Gasteiger charge is 2.08. The lowest BCUT2D eigenvalue weighted by Crippen LogP contribution is -1.90. The van der Waals surface area contributed by atoms with Gasteiger partial charge in [-0.25, -0.2) is 4.98 Å². The summed E-state index contributed by atoms with van der Waals surface area (Å²) in [6.45, 7) is 5.96. The molecule has 1 nitrogen and oxygen atoms in total. The van der Waals surface area contributed by atoms with Gasteiger partial charge in [0.05, 0.1) is 11.0 Å². The first-order valence-electron chi connectivity index (χ1n) is 7.82. The third-order valence-electron chi connectivity index (χ3n) is 4.30. The Balaban J connectivity index is 2.21. The monoisotopic (exact) mass is 295 g/mol. The molecule has 0 aliphatic carbocycles. The van der Waals surface area contributed by atoms with Crippen molar-refractivity contribution >= 4 is 44.7 Å². The molecule has 0 aliphatic heterocycles. The van der Waals surface area contributed by atoms with E-state index in [1.165, 1.54) is 16.2 Å². The largest absolute Gasteiger partial charge is 0.246 e. The Morgan fingerprint density at radius 2 is 1.61 bits per heavy atom. The summed E-state index contributed by atoms with van der Waals surface area (Å²) in [6.07, 6.45) is 6.06. The molecule has 0 atom stereocenters. The van der Waals surface area contributed by atoms with Crippen LogP contribution in [-0.4, -0.2) is 4.98 Å². The molecule has 23 heavy (non-hydrogen) atoms. The van der Waals surface area contributed by atoms with E-state index in [2.05, 4.69) is 73.3 Å². The molecule has 1 aromatic heterocycles. The molecule has 1 heterocycles. The van der Waals surface area contributed by atoms with E-state index in [1.54, 1.807) is 0 Å². The van der Waals surface area contributed by atoms with Crippen molar-refractivity contribution in [2.24, 2.45) is 0 Å². The lowest BCUT2D eigenvalue weighted by atomic mass is 9.99. The van der Waals surface area contributed by atoms with Crippen molar-refractivity contribution < 1.29 is 0 Å². The molecule has 4 aromatic rings. The summed E-state index contributed by atoms with van der Waals surface area (Å²) in [5.74, 6) is 0. The van der Waals surface area contributed by atoms with E-state index in [0.717, 1.165) is 27.5 Å². The number of allylic oxidation sites excluding steroid dienone is 1. The van der Waals surface area contributed by atoms with Crippen LogP contribution in [0.3, 0.4) is 0 Å². The predicted octanol–water partition coefficient (Wildman–Crippen LogP) is 6.22. The van der Waals surface area contributed by atoms with Crippen molar-refractivity contribution in [3.8, 4) is 0 Å². The molecule has 110 valence electrons. The standard InChI is InChI=1S/C22H17N/c1-3-7-19-15(4-2)10-12-17-14-18-13-11-16-8-5-6-9-20(16)22(18)23-21(17)19/h3-14H,2H2,1H3/b7-3-. The first kappa shape index (κ1) is 13.7. The SMILES string of the molecule is C=Cc1ccc2cc3ccc4ccccc4c3nc2c1/C=C\C. The summed E-state index contributed by atoms with van der Waals surface area (Å²) < 4.78 is 0. The number of aromatic nitrogens is 1. The Kier molecular flexibility index (Phi) is 3.20. The van der Waals surface area contributed by atoms with Crippen LogP contribution in [0.4, 0.5) is 0 Å². The lowest BCUT2D eigenvalue weighted by Gasteiger charge is -2.09. The average Bonchev–Trinajstić information content (AvgIpc) is 2.60. The number of fused-ring (bicyclic) bond motifs is 4. The Bertz CT molecular complexity index is 1090. The molecule has 4 rings (SSSR count). The van der Waals surface area contributed by atoms with Gasteiger partial charge in [0.2, 0.25) is 0 Å². The Morgan fingerprint density at radius 3 is 2.43 bits per heavy atom. The molecule has 0 spiro atoms. The van der Waals surface area contributed by atoms with E-state index in [0.29, 0.717) is 0 Å². The molecule has 0 radical (unpaired) electrons. The van der Waals surface area contributed by atoms with Crippen LogP contribution in [0.25, 0.3) is 44.7 Å². The summed E-state index contributed by atoms with van der Waals surface area (Å²) >= 11 is 0. The highest BCUT2D eigenvalue weighted by atomic mass is 14.7. The van der Waals surface area contributed by atoms with Gasteiger partial charge in [-0.2, -0.15) is 0 Å². The number of pyridine rings is 1. The van der Waals surface area contributed by atoms with Crippen LogP contribution in [-0.2, 0) is 0 Å². The molecule has 1 heteroatoms. The maximum atomic E-state index is 5.03. The van der Waals surface area contributed by atoms with Crippen LogP contribution in [0, 0.1) is 0 Å². The van der Waals surface area contributed by atoms with Crippen molar-refractivity contribution in [1.29, 1.82) is 0 Å². The van der Waals surface area contributed by atoms with Crippen molar-refractivity contribution in [2.45, 2.75) is 6.92 Å². The zero-order chi connectivity index (χ0) is 15.8. The third kappa shape index (κ3) is 2.13. The second-order valence-corrected chi connectivity index (χ2v) is 5.69. The fraction of sp³-hybridized carbons (Fsp3) is 0.0455. The molecule has 0 N–H and O–H groups in total. The van der Waals surface area contributed by atoms with Crippen LogP contribution < -0.4 is 0 Å². The number of nitrogens with zero attached hydrogens (tertiary/aromatic N) is 1. The van der Waals surface area contributed by atoms with Crippen LogP contribution in [0.5, 0.6) is 0 Å². The summed E-state index contributed by atoms with van der Waals surface area (Å²) in [4.78, 5) is 5.03. The molecule has 0 amide bonds. The fourth-order valence-corrected chi connectivity index (χ4v) is 3.19. The zero-order valence-electron chi connectivity index (χ0n) is 13.1. The molecule has 0 saturated carbocycles. The second kappa shape index (κ2) is 5.36. The van der Waals surface area contributed by atoms with E-state index in [-0.39, 0.29) is 0 Å². The lowest BCUT2D eigenvalue weighted by molar-refractivity contribution is 1.49. The molecule has 3 aromatic carbocycles. The Morgan fingerprint density at radius 1 is 0.870 bits per heavy atom. The third-order valence-corrected chi connectivity index (χ3v) is 4.30. The summed E-state index contributed by atoms with van der Waals surface area (Å²) in [7, 11) is 0. The van der Waals surface area contributed by atoms with Gasteiger partial charge in [-0.15, -0.1) is 0 Å². The summed E-state index contributed by atoms with van der Waals surface area (Å²) in [6, 6.07) is 19.2. The van der Waals surface area contributed by atoms with Crippen molar-refractivity contribution in [3.05, 3.63) is 78.4 Å². The van der Waals surface area contributed by atoms with Gasteiger partial charge >= 0.3 is 0 Å². The summed E-state index contributed by atoms with van der Waals surface area (Å²) in [5.41, 5.74) is 4.34. The highest BCUT2D eigenvalue weighted by molar-refractivity contribution is 6.09. The number of benzene rings is 3. The number of rotatable bonds is 2. The van der Waals surface area contributed by atoms with Gasteiger partial charge < -0.3 is 0 Å². The zero-order valence-corrected chi connectivity index (χ0v) is 13.1. The van der Waals surface area contributed by atoms with Crippen LogP contribution in [0.15, 0.2) is 67.3 Å². The number of hydrogen-bond donors (Lipinski definition) is 0. The van der Waals surface area contributed by atoms with E-state index < -0.39 is 0 Å². The normalized spacial score (nSPS) is 11.7. The number of hydrogen-bond acceptors (Lipinski definition) is 1. The van der Waals surface area contributed by atoms with Crippen LogP contribution in [0.1, 0.15) is 18.1 Å². The Hall–Kier alpha value is -2.93. The van der Waals surface area contributed by atoms with E-state index in [9.17, 15) is 0 Å². The highest BCUT2D eigenvalue weighted by Crippen LogP contribution is 2.30. The smallest absolute Gasteiger partial charge is 0.0788 e. The fourth-order valence-electron chi connectivity index (χ4n) is 3.19. The molecular formula is C22H17N. The van der Waals surface area contributed by atoms with Gasteiger partial charge in [0.25, 0.3) is 0 Å². The molecule has 0 aliphatic rings. The minimum absolute atomic E-state index is 1.03. The Labute approximate surface area is 135 Å². The van der Waals surface area contributed by atoms with Gasteiger partial charge in [-0.1, -0.05) is 73.3 Å². The van der Waals surface area contributed by atoms with Crippen molar-refractivity contribution in [2.75, 3.05) is 0 Å². The first-order chi connectivity index (χ1) is 11.3.